The molecule has 0 aliphatic rings. The van der Waals surface area contributed by atoms with Crippen LogP contribution < -0.4 is 10.1 Å². The zero-order valence-electron chi connectivity index (χ0n) is 10.6. The van der Waals surface area contributed by atoms with Crippen molar-refractivity contribution in [2.45, 2.75) is 6.43 Å². The van der Waals surface area contributed by atoms with Crippen LogP contribution in [-0.2, 0) is 0 Å². The van der Waals surface area contributed by atoms with Gasteiger partial charge in [0, 0.05) is 12.3 Å². The van der Waals surface area contributed by atoms with E-state index >= 15 is 0 Å². The molecule has 0 spiro atoms. The number of nitrogens with one attached hydrogen (secondary N) is 1. The Balaban J connectivity index is 2.07. The van der Waals surface area contributed by atoms with Gasteiger partial charge in [0.05, 0.1) is 11.8 Å². The van der Waals surface area contributed by atoms with Crippen molar-refractivity contribution in [3.05, 3.63) is 48.0 Å². The molecule has 1 N–H and O–H groups in total. The number of carbonyl (C=O) groups is 1. The molecule has 21 heavy (non-hydrogen) atoms. The summed E-state index contributed by atoms with van der Waals surface area (Å²) < 4.78 is 42.2. The first kappa shape index (κ1) is 14.8. The second-order valence-corrected chi connectivity index (χ2v) is 3.87. The lowest BCUT2D eigenvalue weighted by molar-refractivity contribution is 0.0796. The largest absolute Gasteiger partial charge is 0.472 e. The normalized spacial score (nSPS) is 10.5. The van der Waals surface area contributed by atoms with Crippen molar-refractivity contribution in [1.29, 1.82) is 0 Å². The zero-order chi connectivity index (χ0) is 15.2. The number of hydrogen-bond donors (Lipinski definition) is 1. The van der Waals surface area contributed by atoms with E-state index in [0.29, 0.717) is 0 Å². The number of hydrogen-bond acceptors (Lipinski definition) is 4. The van der Waals surface area contributed by atoms with Crippen LogP contribution in [0.3, 0.4) is 0 Å². The third-order valence-corrected chi connectivity index (χ3v) is 2.34. The van der Waals surface area contributed by atoms with Crippen LogP contribution in [0.25, 0.3) is 0 Å². The average Bonchev–Trinajstić information content (AvgIpc) is 2.46. The molecule has 0 aliphatic heterocycles. The van der Waals surface area contributed by atoms with Gasteiger partial charge in [0.25, 0.3) is 12.3 Å². The minimum absolute atomic E-state index is 0.0583. The van der Waals surface area contributed by atoms with Crippen LogP contribution >= 0.6 is 0 Å². The maximum atomic E-state index is 13.4. The van der Waals surface area contributed by atoms with Gasteiger partial charge >= 0.3 is 0 Å². The molecule has 5 nitrogen and oxygen atoms in total. The standard InChI is InChI=1S/C13H10F3N3O2/c14-9-6-17-5-4-8(9)13(20)19-11-2-1-3-12(18-11)21-7-10(15)16/h1-6,10H,7H2,(H,18,19,20). The Bertz CT molecular complexity index is 638. The lowest BCUT2D eigenvalue weighted by atomic mass is 10.2. The Morgan fingerprint density at radius 1 is 1.33 bits per heavy atom. The lowest BCUT2D eigenvalue weighted by Gasteiger charge is -2.08. The van der Waals surface area contributed by atoms with E-state index in [1.807, 2.05) is 0 Å². The molecule has 0 bridgehead atoms. The fourth-order valence-corrected chi connectivity index (χ4v) is 1.46. The van der Waals surface area contributed by atoms with E-state index in [1.54, 1.807) is 0 Å². The maximum absolute atomic E-state index is 13.4. The Labute approximate surface area is 117 Å². The predicted molar refractivity (Wildman–Crippen MR) is 67.9 cm³/mol. The maximum Gasteiger partial charge on any atom is 0.272 e. The van der Waals surface area contributed by atoms with Crippen molar-refractivity contribution in [3.63, 3.8) is 0 Å². The van der Waals surface area contributed by atoms with Gasteiger partial charge in [-0.1, -0.05) is 6.07 Å². The van der Waals surface area contributed by atoms with Gasteiger partial charge in [-0.15, -0.1) is 0 Å². The van der Waals surface area contributed by atoms with Gasteiger partial charge in [-0.25, -0.2) is 13.2 Å². The van der Waals surface area contributed by atoms with Gasteiger partial charge in [0.15, 0.2) is 12.4 Å². The number of carbonyl (C=O) groups excluding carboxylic acids is 1. The molecule has 2 heterocycles. The highest BCUT2D eigenvalue weighted by molar-refractivity contribution is 6.03. The molecule has 0 saturated carbocycles. The molecule has 2 rings (SSSR count). The van der Waals surface area contributed by atoms with Gasteiger partial charge in [0.2, 0.25) is 5.88 Å². The highest BCUT2D eigenvalue weighted by Gasteiger charge is 2.12. The van der Waals surface area contributed by atoms with Crippen molar-refractivity contribution in [2.75, 3.05) is 11.9 Å². The highest BCUT2D eigenvalue weighted by Crippen LogP contribution is 2.14. The Morgan fingerprint density at radius 2 is 2.14 bits per heavy atom. The lowest BCUT2D eigenvalue weighted by Crippen LogP contribution is -2.15. The summed E-state index contributed by atoms with van der Waals surface area (Å²) in [5.41, 5.74) is -0.203. The quantitative estimate of drug-likeness (QED) is 0.921. The Hall–Kier alpha value is -2.64. The molecule has 0 saturated heterocycles. The molecule has 110 valence electrons. The SMILES string of the molecule is O=C(Nc1cccc(OCC(F)F)n1)c1ccncc1F. The first-order valence-corrected chi connectivity index (χ1v) is 5.85. The number of halogens is 3. The van der Waals surface area contributed by atoms with Gasteiger partial charge < -0.3 is 10.1 Å². The number of pyridine rings is 2. The van der Waals surface area contributed by atoms with Crippen molar-refractivity contribution < 1.29 is 22.7 Å². The summed E-state index contributed by atoms with van der Waals surface area (Å²) in [4.78, 5) is 19.2. The van der Waals surface area contributed by atoms with E-state index in [1.165, 1.54) is 30.5 Å². The van der Waals surface area contributed by atoms with E-state index < -0.39 is 24.8 Å². The molecular weight excluding hydrogens is 287 g/mol. The van der Waals surface area contributed by atoms with Crippen molar-refractivity contribution in [2.24, 2.45) is 0 Å². The number of rotatable bonds is 5. The van der Waals surface area contributed by atoms with E-state index in [4.69, 9.17) is 4.74 Å². The molecule has 2 aromatic rings. The molecular formula is C13H10F3N3O2. The number of ether oxygens (including phenoxy) is 1. The van der Waals surface area contributed by atoms with Crippen LogP contribution in [0.1, 0.15) is 10.4 Å². The third-order valence-electron chi connectivity index (χ3n) is 2.34. The Morgan fingerprint density at radius 3 is 2.86 bits per heavy atom. The summed E-state index contributed by atoms with van der Waals surface area (Å²) in [6.07, 6.45) is -0.450. The molecule has 0 radical (unpaired) electrons. The fraction of sp³-hybridized carbons (Fsp3) is 0.154. The summed E-state index contributed by atoms with van der Waals surface area (Å²) in [5.74, 6) is -1.51. The monoisotopic (exact) mass is 297 g/mol. The number of nitrogens with zero attached hydrogens (tertiary/aromatic N) is 2. The molecule has 8 heteroatoms. The smallest absolute Gasteiger partial charge is 0.272 e. The second kappa shape index (κ2) is 6.69. The number of anilines is 1. The van der Waals surface area contributed by atoms with Crippen LogP contribution in [0.2, 0.25) is 0 Å². The van der Waals surface area contributed by atoms with Crippen molar-refractivity contribution in [3.8, 4) is 5.88 Å². The van der Waals surface area contributed by atoms with Gasteiger partial charge in [-0.05, 0) is 12.1 Å². The zero-order valence-corrected chi connectivity index (χ0v) is 10.6. The van der Waals surface area contributed by atoms with Crippen LogP contribution in [0, 0.1) is 5.82 Å². The first-order chi connectivity index (χ1) is 10.1. The summed E-state index contributed by atoms with van der Waals surface area (Å²) in [5, 5.41) is 2.34. The van der Waals surface area contributed by atoms with Crippen LogP contribution in [-0.4, -0.2) is 28.9 Å². The van der Waals surface area contributed by atoms with E-state index in [0.717, 1.165) is 6.20 Å². The van der Waals surface area contributed by atoms with Crippen molar-refractivity contribution >= 4 is 11.7 Å². The molecule has 0 aliphatic carbocycles. The van der Waals surface area contributed by atoms with Crippen molar-refractivity contribution in [1.82, 2.24) is 9.97 Å². The van der Waals surface area contributed by atoms with Gasteiger partial charge in [0.1, 0.15) is 5.82 Å². The number of aromatic nitrogens is 2. The number of alkyl halides is 2. The summed E-state index contributed by atoms with van der Waals surface area (Å²) in [6, 6.07) is 5.46. The fourth-order valence-electron chi connectivity index (χ4n) is 1.46. The summed E-state index contributed by atoms with van der Waals surface area (Å²) in [7, 11) is 0. The molecule has 1 amide bonds. The molecule has 2 aromatic heterocycles. The molecule has 0 fully saturated rings. The Kier molecular flexibility index (Phi) is 4.70. The predicted octanol–water partition coefficient (Wildman–Crippen LogP) is 2.51. The molecule has 0 aromatic carbocycles. The topological polar surface area (TPSA) is 64.1 Å². The van der Waals surface area contributed by atoms with E-state index in [9.17, 15) is 18.0 Å². The average molecular weight is 297 g/mol. The summed E-state index contributed by atoms with van der Waals surface area (Å²) in [6.45, 7) is -0.802. The van der Waals surface area contributed by atoms with Crippen LogP contribution in [0.15, 0.2) is 36.7 Å². The van der Waals surface area contributed by atoms with E-state index in [-0.39, 0.29) is 17.3 Å². The molecule has 0 unspecified atom stereocenters. The van der Waals surface area contributed by atoms with Gasteiger partial charge in [-0.3, -0.25) is 9.78 Å². The second-order valence-electron chi connectivity index (χ2n) is 3.87. The van der Waals surface area contributed by atoms with Crippen LogP contribution in [0.4, 0.5) is 19.0 Å². The van der Waals surface area contributed by atoms with Gasteiger partial charge in [-0.2, -0.15) is 4.98 Å². The minimum Gasteiger partial charge on any atom is -0.472 e. The highest BCUT2D eigenvalue weighted by atomic mass is 19.3. The third kappa shape index (κ3) is 4.16. The molecule has 0 atom stereocenters. The number of amides is 1. The minimum atomic E-state index is -2.63. The first-order valence-electron chi connectivity index (χ1n) is 5.85. The van der Waals surface area contributed by atoms with Crippen LogP contribution in [0.5, 0.6) is 5.88 Å². The summed E-state index contributed by atoms with van der Waals surface area (Å²) >= 11 is 0. The van der Waals surface area contributed by atoms with E-state index in [2.05, 4.69) is 15.3 Å².